The van der Waals surface area contributed by atoms with E-state index >= 15 is 0 Å². The Morgan fingerprint density at radius 3 is 2.83 bits per heavy atom. The molecule has 3 aromatic rings. The summed E-state index contributed by atoms with van der Waals surface area (Å²) < 4.78 is 3.14. The summed E-state index contributed by atoms with van der Waals surface area (Å²) in [7, 11) is 0. The predicted octanol–water partition coefficient (Wildman–Crippen LogP) is 1.52. The van der Waals surface area contributed by atoms with E-state index in [1.165, 1.54) is 11.0 Å². The second-order valence-electron chi connectivity index (χ2n) is 7.67. The number of piperidine rings is 1. The van der Waals surface area contributed by atoms with Gasteiger partial charge < -0.3 is 10.6 Å². The van der Waals surface area contributed by atoms with Crippen LogP contribution in [0.4, 0.5) is 5.82 Å². The molecule has 152 valence electrons. The molecule has 0 radical (unpaired) electrons. The molecule has 3 aromatic heterocycles. The van der Waals surface area contributed by atoms with Crippen molar-refractivity contribution in [3.05, 3.63) is 52.6 Å². The van der Waals surface area contributed by atoms with E-state index in [2.05, 4.69) is 25.7 Å². The first-order valence-electron chi connectivity index (χ1n) is 9.92. The maximum absolute atomic E-state index is 13.0. The summed E-state index contributed by atoms with van der Waals surface area (Å²) in [5, 5.41) is 10.5. The molecule has 0 atom stereocenters. The number of nitrogens with zero attached hydrogens (tertiary/aromatic N) is 5. The minimum absolute atomic E-state index is 0.0996. The van der Waals surface area contributed by atoms with Gasteiger partial charge in [-0.15, -0.1) is 0 Å². The maximum atomic E-state index is 13.0. The fraction of sp³-hybridized carbons (Fsp3) is 0.450. The summed E-state index contributed by atoms with van der Waals surface area (Å²) in [6.07, 6.45) is 7.04. The van der Waals surface area contributed by atoms with Crippen molar-refractivity contribution in [3.63, 3.8) is 0 Å². The van der Waals surface area contributed by atoms with Crippen molar-refractivity contribution in [2.75, 3.05) is 18.4 Å². The van der Waals surface area contributed by atoms with Crippen molar-refractivity contribution < 1.29 is 4.79 Å². The summed E-state index contributed by atoms with van der Waals surface area (Å²) in [4.78, 5) is 33.3. The zero-order valence-electron chi connectivity index (χ0n) is 16.6. The molecule has 2 N–H and O–H groups in total. The Balaban J connectivity index is 1.68. The third-order valence-electron chi connectivity index (χ3n) is 5.23. The average Bonchev–Trinajstić information content (AvgIpc) is 3.17. The number of fused-ring (bicyclic) bond motifs is 1. The fourth-order valence-corrected chi connectivity index (χ4v) is 3.75. The van der Waals surface area contributed by atoms with Crippen LogP contribution in [0.15, 0.2) is 35.6 Å². The summed E-state index contributed by atoms with van der Waals surface area (Å²) in [5.74, 6) is 1.32. The first kappa shape index (κ1) is 19.3. The number of rotatable bonds is 5. The Bertz CT molecular complexity index is 1070. The van der Waals surface area contributed by atoms with Crippen LogP contribution in [0.5, 0.6) is 0 Å². The molecule has 4 heterocycles. The first-order chi connectivity index (χ1) is 14.0. The number of anilines is 1. The minimum atomic E-state index is -0.359. The van der Waals surface area contributed by atoms with E-state index in [0.717, 1.165) is 37.3 Å². The van der Waals surface area contributed by atoms with Crippen LogP contribution >= 0.6 is 0 Å². The zero-order chi connectivity index (χ0) is 20.4. The number of carbonyl (C=O) groups excluding carboxylic acids is 1. The molecular formula is C20H25N7O2. The minimum Gasteiger partial charge on any atom is -0.317 e. The van der Waals surface area contributed by atoms with Crippen LogP contribution < -0.4 is 16.2 Å². The number of hydrogen-bond donors (Lipinski definition) is 2. The van der Waals surface area contributed by atoms with Gasteiger partial charge in [0.2, 0.25) is 5.91 Å². The normalized spacial score (nSPS) is 15.1. The Labute approximate surface area is 168 Å². The van der Waals surface area contributed by atoms with Crippen molar-refractivity contribution in [2.24, 2.45) is 0 Å². The first-order valence-corrected chi connectivity index (χ1v) is 9.92. The van der Waals surface area contributed by atoms with Gasteiger partial charge in [-0.3, -0.25) is 14.0 Å². The lowest BCUT2D eigenvalue weighted by molar-refractivity contribution is -0.117. The van der Waals surface area contributed by atoms with Crippen LogP contribution in [-0.2, 0) is 11.3 Å². The quantitative estimate of drug-likeness (QED) is 0.678. The van der Waals surface area contributed by atoms with Gasteiger partial charge in [0.15, 0.2) is 0 Å². The predicted molar refractivity (Wildman–Crippen MR) is 109 cm³/mol. The molecule has 1 fully saturated rings. The van der Waals surface area contributed by atoms with Crippen LogP contribution in [0.1, 0.15) is 49.9 Å². The Kier molecular flexibility index (Phi) is 5.39. The van der Waals surface area contributed by atoms with E-state index in [1.54, 1.807) is 12.3 Å². The molecule has 9 heteroatoms. The third-order valence-corrected chi connectivity index (χ3v) is 5.23. The smallest absolute Gasteiger partial charge is 0.291 e. The molecule has 1 saturated heterocycles. The van der Waals surface area contributed by atoms with Gasteiger partial charge in [-0.25, -0.2) is 14.6 Å². The van der Waals surface area contributed by atoms with Crippen LogP contribution in [0.25, 0.3) is 5.52 Å². The van der Waals surface area contributed by atoms with E-state index in [4.69, 9.17) is 0 Å². The van der Waals surface area contributed by atoms with Crippen molar-refractivity contribution in [3.8, 4) is 0 Å². The van der Waals surface area contributed by atoms with Gasteiger partial charge in [0.05, 0.1) is 0 Å². The highest BCUT2D eigenvalue weighted by atomic mass is 16.2. The summed E-state index contributed by atoms with van der Waals surface area (Å²) in [6, 6.07) is 3.56. The largest absolute Gasteiger partial charge is 0.317 e. The SMILES string of the molecule is CC(C)c1nn(CC(=O)Nc2ccncn2)c(=O)c2cc(C3CCNCC3)cn12. The summed E-state index contributed by atoms with van der Waals surface area (Å²) >= 11 is 0. The summed E-state index contributed by atoms with van der Waals surface area (Å²) in [5.41, 5.74) is 1.45. The second kappa shape index (κ2) is 8.12. The van der Waals surface area contributed by atoms with Gasteiger partial charge in [0, 0.05) is 18.3 Å². The van der Waals surface area contributed by atoms with Gasteiger partial charge in [-0.2, -0.15) is 5.10 Å². The Morgan fingerprint density at radius 2 is 2.14 bits per heavy atom. The number of nitrogens with one attached hydrogen (secondary N) is 2. The van der Waals surface area contributed by atoms with Crippen LogP contribution in [0.3, 0.4) is 0 Å². The van der Waals surface area contributed by atoms with E-state index < -0.39 is 0 Å². The lowest BCUT2D eigenvalue weighted by Crippen LogP contribution is -2.32. The van der Waals surface area contributed by atoms with Gasteiger partial charge in [0.25, 0.3) is 5.56 Å². The number of aromatic nitrogens is 5. The monoisotopic (exact) mass is 395 g/mol. The molecule has 4 rings (SSSR count). The molecule has 0 spiro atoms. The van der Waals surface area contributed by atoms with Gasteiger partial charge in [-0.05, 0) is 49.5 Å². The number of hydrogen-bond acceptors (Lipinski definition) is 6. The Hall–Kier alpha value is -3.07. The van der Waals surface area contributed by atoms with Crippen molar-refractivity contribution >= 4 is 17.2 Å². The lowest BCUT2D eigenvalue weighted by Gasteiger charge is -2.21. The highest BCUT2D eigenvalue weighted by Gasteiger charge is 2.21. The molecule has 0 unspecified atom stereocenters. The molecular weight excluding hydrogens is 370 g/mol. The third kappa shape index (κ3) is 4.04. The topological polar surface area (TPSA) is 106 Å². The van der Waals surface area contributed by atoms with Crippen LogP contribution in [0, 0.1) is 0 Å². The van der Waals surface area contributed by atoms with E-state index in [0.29, 0.717) is 17.3 Å². The standard InChI is InChI=1S/C20H25N7O2/c1-13(2)19-25-27(11-18(28)24-17-5-8-22-12-23-17)20(29)16-9-15(10-26(16)19)14-3-6-21-7-4-14/h5,8-10,12-14,21H,3-4,6-7,11H2,1-2H3,(H,22,23,24,28). The van der Waals surface area contributed by atoms with Gasteiger partial charge in [0.1, 0.15) is 30.0 Å². The number of carbonyl (C=O) groups is 1. The van der Waals surface area contributed by atoms with E-state index in [-0.39, 0.29) is 23.9 Å². The highest BCUT2D eigenvalue weighted by molar-refractivity contribution is 5.89. The van der Waals surface area contributed by atoms with Crippen molar-refractivity contribution in [1.29, 1.82) is 0 Å². The van der Waals surface area contributed by atoms with Crippen LogP contribution in [-0.4, -0.2) is 43.1 Å². The molecule has 0 aliphatic carbocycles. The molecule has 0 saturated carbocycles. The molecule has 0 bridgehead atoms. The zero-order valence-corrected chi connectivity index (χ0v) is 16.6. The number of amides is 1. The average molecular weight is 395 g/mol. The maximum Gasteiger partial charge on any atom is 0.291 e. The van der Waals surface area contributed by atoms with Crippen LogP contribution in [0.2, 0.25) is 0 Å². The van der Waals surface area contributed by atoms with Gasteiger partial charge in [-0.1, -0.05) is 13.8 Å². The highest BCUT2D eigenvalue weighted by Crippen LogP contribution is 2.27. The molecule has 1 aliphatic rings. The van der Waals surface area contributed by atoms with Crippen molar-refractivity contribution in [2.45, 2.75) is 45.1 Å². The Morgan fingerprint density at radius 1 is 1.34 bits per heavy atom. The van der Waals surface area contributed by atoms with E-state index in [9.17, 15) is 9.59 Å². The van der Waals surface area contributed by atoms with Gasteiger partial charge >= 0.3 is 0 Å². The summed E-state index contributed by atoms with van der Waals surface area (Å²) in [6.45, 7) is 5.86. The molecule has 0 aromatic carbocycles. The molecule has 29 heavy (non-hydrogen) atoms. The lowest BCUT2D eigenvalue weighted by atomic mass is 9.92. The molecule has 1 amide bonds. The molecule has 1 aliphatic heterocycles. The van der Waals surface area contributed by atoms with Crippen molar-refractivity contribution in [1.82, 2.24) is 29.5 Å². The van der Waals surface area contributed by atoms with E-state index in [1.807, 2.05) is 30.5 Å². The fourth-order valence-electron chi connectivity index (χ4n) is 3.75. The molecule has 9 nitrogen and oxygen atoms in total. The second-order valence-corrected chi connectivity index (χ2v) is 7.67.